The van der Waals surface area contributed by atoms with Crippen molar-refractivity contribution >= 4 is 23.2 Å². The third kappa shape index (κ3) is 3.35. The Labute approximate surface area is 141 Å². The van der Waals surface area contributed by atoms with E-state index in [0.29, 0.717) is 17.2 Å². The number of benzene rings is 2. The topological polar surface area (TPSA) is 29.5 Å². The van der Waals surface area contributed by atoms with Crippen LogP contribution in [0.4, 0.5) is 5.69 Å². The van der Waals surface area contributed by atoms with Gasteiger partial charge in [-0.25, -0.2) is 0 Å². The van der Waals surface area contributed by atoms with Crippen LogP contribution >= 0.6 is 11.6 Å². The first-order chi connectivity index (χ1) is 11.2. The molecule has 0 unspecified atom stereocenters. The number of hydrogen-bond donors (Lipinski definition) is 0. The van der Waals surface area contributed by atoms with Crippen LogP contribution in [0.3, 0.4) is 0 Å². The number of hydrogen-bond acceptors (Lipinski definition) is 2. The standard InChI is InChI=1S/C19H20ClNO2/c1-2-17(23-18-12-6-4-10-15(18)20)19(22)21-13-7-9-14-8-3-5-11-16(14)21/h3-6,8,10-12,17H,2,7,9,13H2,1H3/t17-/m0/s1. The van der Waals surface area contributed by atoms with Gasteiger partial charge in [-0.05, 0) is 43.0 Å². The van der Waals surface area contributed by atoms with Crippen molar-refractivity contribution in [3.05, 3.63) is 59.1 Å². The van der Waals surface area contributed by atoms with Crippen LogP contribution in [0.5, 0.6) is 5.75 Å². The molecule has 0 aliphatic carbocycles. The summed E-state index contributed by atoms with van der Waals surface area (Å²) in [6, 6.07) is 15.4. The second kappa shape index (κ2) is 7.05. The lowest BCUT2D eigenvalue weighted by Gasteiger charge is -2.32. The number of amides is 1. The molecule has 3 nitrogen and oxygen atoms in total. The fraction of sp³-hybridized carbons (Fsp3) is 0.316. The van der Waals surface area contributed by atoms with Gasteiger partial charge in [0.25, 0.3) is 5.91 Å². The maximum atomic E-state index is 13.0. The van der Waals surface area contributed by atoms with Gasteiger partial charge in [0.1, 0.15) is 5.75 Å². The summed E-state index contributed by atoms with van der Waals surface area (Å²) < 4.78 is 5.90. The lowest BCUT2D eigenvalue weighted by atomic mass is 10.0. The molecule has 1 aliphatic heterocycles. The SMILES string of the molecule is CC[C@H](Oc1ccccc1Cl)C(=O)N1CCCc2ccccc21. The van der Waals surface area contributed by atoms with Crippen molar-refractivity contribution in [2.24, 2.45) is 0 Å². The van der Waals surface area contributed by atoms with Gasteiger partial charge in [0, 0.05) is 12.2 Å². The van der Waals surface area contributed by atoms with Crippen LogP contribution in [0.2, 0.25) is 5.02 Å². The van der Waals surface area contributed by atoms with E-state index in [9.17, 15) is 4.79 Å². The van der Waals surface area contributed by atoms with Gasteiger partial charge in [0.15, 0.2) is 6.10 Å². The highest BCUT2D eigenvalue weighted by Crippen LogP contribution is 2.29. The Morgan fingerprint density at radius 3 is 2.74 bits per heavy atom. The van der Waals surface area contributed by atoms with Gasteiger partial charge in [-0.15, -0.1) is 0 Å². The first-order valence-corrected chi connectivity index (χ1v) is 8.39. The van der Waals surface area contributed by atoms with Gasteiger partial charge in [0.2, 0.25) is 0 Å². The highest BCUT2D eigenvalue weighted by Gasteiger charge is 2.29. The zero-order valence-electron chi connectivity index (χ0n) is 13.2. The lowest BCUT2D eigenvalue weighted by Crippen LogP contribution is -2.44. The number of anilines is 1. The van der Waals surface area contributed by atoms with Gasteiger partial charge >= 0.3 is 0 Å². The van der Waals surface area contributed by atoms with E-state index >= 15 is 0 Å². The van der Waals surface area contributed by atoms with Gasteiger partial charge < -0.3 is 9.64 Å². The normalized spacial score (nSPS) is 15.0. The van der Waals surface area contributed by atoms with E-state index in [1.165, 1.54) is 5.56 Å². The van der Waals surface area contributed by atoms with Crippen molar-refractivity contribution < 1.29 is 9.53 Å². The van der Waals surface area contributed by atoms with Crippen LogP contribution in [0.25, 0.3) is 0 Å². The smallest absolute Gasteiger partial charge is 0.268 e. The zero-order valence-corrected chi connectivity index (χ0v) is 13.9. The maximum absolute atomic E-state index is 13.0. The van der Waals surface area contributed by atoms with Crippen LogP contribution < -0.4 is 9.64 Å². The largest absolute Gasteiger partial charge is 0.479 e. The Kier molecular flexibility index (Phi) is 4.87. The number of nitrogens with zero attached hydrogens (tertiary/aromatic N) is 1. The molecule has 4 heteroatoms. The molecule has 23 heavy (non-hydrogen) atoms. The summed E-state index contributed by atoms with van der Waals surface area (Å²) in [5.74, 6) is 0.555. The molecule has 0 saturated carbocycles. The van der Waals surface area contributed by atoms with Crippen LogP contribution in [0.15, 0.2) is 48.5 Å². The molecular weight excluding hydrogens is 310 g/mol. The number of carbonyl (C=O) groups excluding carboxylic acids is 1. The number of halogens is 1. The number of carbonyl (C=O) groups is 1. The number of aryl methyl sites for hydroxylation is 1. The molecule has 0 radical (unpaired) electrons. The predicted octanol–water partition coefficient (Wildman–Crippen LogP) is 4.48. The minimum absolute atomic E-state index is 0.000398. The van der Waals surface area contributed by atoms with Crippen molar-refractivity contribution in [1.82, 2.24) is 0 Å². The molecule has 3 rings (SSSR count). The average molecular weight is 330 g/mol. The summed E-state index contributed by atoms with van der Waals surface area (Å²) in [6.45, 7) is 2.69. The summed E-state index contributed by atoms with van der Waals surface area (Å²) in [5.41, 5.74) is 2.23. The number of fused-ring (bicyclic) bond motifs is 1. The summed E-state index contributed by atoms with van der Waals surface area (Å²) in [5, 5.41) is 0.526. The number of rotatable bonds is 4. The van der Waals surface area contributed by atoms with Crippen LogP contribution in [0, 0.1) is 0 Å². The van der Waals surface area contributed by atoms with Gasteiger partial charge in [-0.3, -0.25) is 4.79 Å². The van der Waals surface area contributed by atoms with Gasteiger partial charge in [0.05, 0.1) is 5.02 Å². The fourth-order valence-electron chi connectivity index (χ4n) is 2.94. The monoisotopic (exact) mass is 329 g/mol. The molecule has 2 aromatic carbocycles. The third-order valence-corrected chi connectivity index (χ3v) is 4.44. The van der Waals surface area contributed by atoms with Gasteiger partial charge in [-0.2, -0.15) is 0 Å². The molecule has 1 aliphatic rings. The maximum Gasteiger partial charge on any atom is 0.268 e. The molecule has 1 atom stereocenters. The molecule has 0 bridgehead atoms. The molecule has 0 aromatic heterocycles. The molecule has 0 saturated heterocycles. The molecule has 0 N–H and O–H groups in total. The van der Waals surface area contributed by atoms with E-state index < -0.39 is 6.10 Å². The Hall–Kier alpha value is -2.00. The molecule has 120 valence electrons. The van der Waals surface area contributed by atoms with Crippen molar-refractivity contribution in [3.8, 4) is 5.75 Å². The second-order valence-electron chi connectivity index (χ2n) is 5.67. The zero-order chi connectivity index (χ0) is 16.2. The molecule has 0 spiro atoms. The van der Waals surface area contributed by atoms with E-state index in [1.807, 2.05) is 42.2 Å². The molecule has 1 heterocycles. The van der Waals surface area contributed by atoms with Crippen molar-refractivity contribution in [1.29, 1.82) is 0 Å². The lowest BCUT2D eigenvalue weighted by molar-refractivity contribution is -0.125. The van der Waals surface area contributed by atoms with Gasteiger partial charge in [-0.1, -0.05) is 48.9 Å². The Morgan fingerprint density at radius 1 is 1.22 bits per heavy atom. The minimum atomic E-state index is -0.527. The van der Waals surface area contributed by atoms with Crippen LogP contribution in [0.1, 0.15) is 25.3 Å². The van der Waals surface area contributed by atoms with Crippen LogP contribution in [-0.4, -0.2) is 18.6 Å². The summed E-state index contributed by atoms with van der Waals surface area (Å²) in [6.07, 6.45) is 2.07. The highest BCUT2D eigenvalue weighted by molar-refractivity contribution is 6.32. The van der Waals surface area contributed by atoms with E-state index in [-0.39, 0.29) is 5.91 Å². The van der Waals surface area contributed by atoms with Crippen molar-refractivity contribution in [2.75, 3.05) is 11.4 Å². The van der Waals surface area contributed by atoms with Crippen LogP contribution in [-0.2, 0) is 11.2 Å². The van der Waals surface area contributed by atoms with E-state index in [1.54, 1.807) is 12.1 Å². The first kappa shape index (κ1) is 15.9. The number of para-hydroxylation sites is 2. The molecular formula is C19H20ClNO2. The van der Waals surface area contributed by atoms with E-state index in [4.69, 9.17) is 16.3 Å². The molecule has 0 fully saturated rings. The van der Waals surface area contributed by atoms with E-state index in [2.05, 4.69) is 6.07 Å². The first-order valence-electron chi connectivity index (χ1n) is 8.01. The van der Waals surface area contributed by atoms with Crippen molar-refractivity contribution in [3.63, 3.8) is 0 Å². The third-order valence-electron chi connectivity index (χ3n) is 4.13. The highest BCUT2D eigenvalue weighted by atomic mass is 35.5. The quantitative estimate of drug-likeness (QED) is 0.827. The Balaban J connectivity index is 1.83. The summed E-state index contributed by atoms with van der Waals surface area (Å²) >= 11 is 6.15. The van der Waals surface area contributed by atoms with E-state index in [0.717, 1.165) is 25.1 Å². The Morgan fingerprint density at radius 2 is 1.96 bits per heavy atom. The second-order valence-corrected chi connectivity index (χ2v) is 6.07. The summed E-state index contributed by atoms with van der Waals surface area (Å²) in [7, 11) is 0. The molecule has 2 aromatic rings. The summed E-state index contributed by atoms with van der Waals surface area (Å²) in [4.78, 5) is 14.8. The molecule has 1 amide bonds. The van der Waals surface area contributed by atoms with Crippen molar-refractivity contribution in [2.45, 2.75) is 32.3 Å². The number of ether oxygens (including phenoxy) is 1. The Bertz CT molecular complexity index is 701. The predicted molar refractivity (Wildman–Crippen MR) is 93.3 cm³/mol. The minimum Gasteiger partial charge on any atom is -0.479 e. The average Bonchev–Trinajstić information content (AvgIpc) is 2.60. The fourth-order valence-corrected chi connectivity index (χ4v) is 3.12.